The third-order valence-corrected chi connectivity index (χ3v) is 8.05. The summed E-state index contributed by atoms with van der Waals surface area (Å²) in [4.78, 5) is 36.7. The summed E-state index contributed by atoms with van der Waals surface area (Å²) in [5.41, 5.74) is 3.00. The van der Waals surface area contributed by atoms with Crippen molar-refractivity contribution >= 4 is 29.2 Å². The number of halogens is 1. The molecule has 14 heteroatoms. The number of carbonyl (C=O) groups is 1. The van der Waals surface area contributed by atoms with E-state index >= 15 is 0 Å². The molecule has 0 saturated carbocycles. The van der Waals surface area contributed by atoms with Gasteiger partial charge in [-0.2, -0.15) is 15.3 Å². The van der Waals surface area contributed by atoms with Gasteiger partial charge in [-0.3, -0.25) is 4.79 Å². The summed E-state index contributed by atoms with van der Waals surface area (Å²) in [6.45, 7) is 4.07. The van der Waals surface area contributed by atoms with Gasteiger partial charge in [0.05, 0.1) is 56.0 Å². The van der Waals surface area contributed by atoms with Crippen LogP contribution in [0.3, 0.4) is 0 Å². The van der Waals surface area contributed by atoms with Crippen molar-refractivity contribution < 1.29 is 19.4 Å². The molecule has 49 heavy (non-hydrogen) atoms. The third kappa shape index (κ3) is 7.19. The molecule has 5 rings (SSSR count). The minimum atomic E-state index is -1.26. The number of methoxy groups -OCH3 is 2. The van der Waals surface area contributed by atoms with E-state index in [2.05, 4.69) is 26.5 Å². The van der Waals surface area contributed by atoms with Crippen molar-refractivity contribution in [1.82, 2.24) is 24.3 Å². The van der Waals surface area contributed by atoms with Crippen LogP contribution in [0.4, 0.5) is 11.6 Å². The Kier molecular flexibility index (Phi) is 10.2. The summed E-state index contributed by atoms with van der Waals surface area (Å²) < 4.78 is 13.8. The number of nitrogens with zero attached hydrogens (tertiary/aromatic N) is 7. The molecule has 2 aromatic carbocycles. The van der Waals surface area contributed by atoms with Gasteiger partial charge in [-0.05, 0) is 47.4 Å². The molecule has 0 bridgehead atoms. The van der Waals surface area contributed by atoms with Crippen LogP contribution in [0.25, 0.3) is 5.69 Å². The number of nitriles is 1. The van der Waals surface area contributed by atoms with Gasteiger partial charge in [-0.15, -0.1) is 0 Å². The van der Waals surface area contributed by atoms with Crippen LogP contribution in [-0.4, -0.2) is 63.7 Å². The molecule has 5 aromatic rings. The van der Waals surface area contributed by atoms with E-state index in [1.807, 2.05) is 26.0 Å². The van der Waals surface area contributed by atoms with Crippen LogP contribution in [0, 0.1) is 11.3 Å². The number of anilines is 2. The predicted molar refractivity (Wildman–Crippen MR) is 186 cm³/mol. The number of nitrogens with one attached hydrogen (secondary N) is 1. The van der Waals surface area contributed by atoms with E-state index in [0.29, 0.717) is 45.5 Å². The topological polar surface area (TPSA) is 160 Å². The highest BCUT2D eigenvalue weighted by molar-refractivity contribution is 6.30. The number of aromatic nitrogens is 5. The highest BCUT2D eigenvalue weighted by Gasteiger charge is 2.33. The van der Waals surface area contributed by atoms with E-state index < -0.39 is 17.6 Å². The average Bonchev–Trinajstić information content (AvgIpc) is 3.50. The molecule has 252 valence electrons. The van der Waals surface area contributed by atoms with Crippen molar-refractivity contribution in [2.75, 3.05) is 38.5 Å². The van der Waals surface area contributed by atoms with Crippen LogP contribution in [0.5, 0.6) is 11.6 Å². The third-order valence-electron chi connectivity index (χ3n) is 7.78. The fraction of sp³-hybridized carbons (Fsp3) is 0.257. The van der Waals surface area contributed by atoms with Crippen LogP contribution in [-0.2, 0) is 6.54 Å². The molecule has 3 aromatic heterocycles. The number of ether oxygens (including phenoxy) is 2. The lowest BCUT2D eigenvalue weighted by Crippen LogP contribution is -2.23. The van der Waals surface area contributed by atoms with Crippen LogP contribution in [0.2, 0.25) is 5.02 Å². The lowest BCUT2D eigenvalue weighted by molar-refractivity contribution is 0.0688. The zero-order valence-electron chi connectivity index (χ0n) is 27.8. The Bertz CT molecular complexity index is 2080. The van der Waals surface area contributed by atoms with Crippen molar-refractivity contribution in [2.24, 2.45) is 0 Å². The van der Waals surface area contributed by atoms with Crippen molar-refractivity contribution in [3.8, 4) is 23.4 Å². The summed E-state index contributed by atoms with van der Waals surface area (Å²) in [7, 11) is 6.63. The second kappa shape index (κ2) is 14.5. The summed E-state index contributed by atoms with van der Waals surface area (Å²) in [6.07, 6.45) is 3.17. The molecule has 0 aliphatic heterocycles. The molecule has 0 fully saturated rings. The maximum absolute atomic E-state index is 13.1. The molecule has 2 N–H and O–H groups in total. The number of rotatable bonds is 12. The van der Waals surface area contributed by atoms with E-state index in [1.54, 1.807) is 68.7 Å². The van der Waals surface area contributed by atoms with Crippen LogP contribution >= 0.6 is 11.6 Å². The minimum absolute atomic E-state index is 0.0295. The van der Waals surface area contributed by atoms with Gasteiger partial charge < -0.3 is 29.4 Å². The normalized spacial score (nSPS) is 11.6. The zero-order valence-corrected chi connectivity index (χ0v) is 28.6. The fourth-order valence-electron chi connectivity index (χ4n) is 5.45. The van der Waals surface area contributed by atoms with Crippen molar-refractivity contribution in [3.63, 3.8) is 0 Å². The van der Waals surface area contributed by atoms with E-state index in [0.717, 1.165) is 5.56 Å². The van der Waals surface area contributed by atoms with Gasteiger partial charge in [0.15, 0.2) is 5.69 Å². The number of carboxylic acid groups (broad SMARTS) is 1. The molecule has 3 heterocycles. The van der Waals surface area contributed by atoms with Gasteiger partial charge >= 0.3 is 5.97 Å². The zero-order chi connectivity index (χ0) is 35.4. The Hall–Kier alpha value is -5.87. The molecule has 1 atom stereocenters. The molecular formula is C35H35ClN8O5. The molecular weight excluding hydrogens is 648 g/mol. The summed E-state index contributed by atoms with van der Waals surface area (Å²) in [5.74, 6) is -0.237. The van der Waals surface area contributed by atoms with E-state index in [4.69, 9.17) is 21.1 Å². The predicted octanol–water partition coefficient (Wildman–Crippen LogP) is 5.50. The highest BCUT2D eigenvalue weighted by Crippen LogP contribution is 2.38. The lowest BCUT2D eigenvalue weighted by Gasteiger charge is -2.24. The molecule has 0 aliphatic carbocycles. The lowest BCUT2D eigenvalue weighted by atomic mass is 9.91. The largest absolute Gasteiger partial charge is 0.497 e. The SMILES string of the molecule is COc1ccc(Cn2cc(NC(c3ccc(C#N)cc3)c3c(C(=O)O)nn(-c4cnc(N(C)C)nc4OC)c3C(C)C)cc(Cl)c2=O)cc1. The second-order valence-electron chi connectivity index (χ2n) is 11.6. The average molecular weight is 683 g/mol. The Morgan fingerprint density at radius 1 is 1.10 bits per heavy atom. The maximum Gasteiger partial charge on any atom is 0.356 e. The first-order chi connectivity index (χ1) is 23.4. The standard InChI is InChI=1S/C35H35ClN8O5/c1-20(2)31-28(30(34(46)47)41-44(31)27-17-38-35(42(3)4)40-32(27)49-6)29(23-11-7-21(16-37)8-12-23)39-24-15-26(36)33(45)43(19-24)18-22-9-13-25(48-5)14-10-22/h7-15,17,19-20,29,39H,18H2,1-6H3,(H,46,47). The van der Waals surface area contributed by atoms with Crippen LogP contribution in [0.15, 0.2) is 71.8 Å². The monoisotopic (exact) mass is 682 g/mol. The van der Waals surface area contributed by atoms with Gasteiger partial charge in [-0.1, -0.05) is 49.7 Å². The van der Waals surface area contributed by atoms with Gasteiger partial charge in [0, 0.05) is 25.9 Å². The van der Waals surface area contributed by atoms with Crippen LogP contribution < -0.4 is 25.2 Å². The second-order valence-corrected chi connectivity index (χ2v) is 12.1. The van der Waals surface area contributed by atoms with Gasteiger partial charge in [0.1, 0.15) is 16.5 Å². The highest BCUT2D eigenvalue weighted by atomic mass is 35.5. The summed E-state index contributed by atoms with van der Waals surface area (Å²) in [5, 5.41) is 28.0. The summed E-state index contributed by atoms with van der Waals surface area (Å²) in [6, 6.07) is 16.9. The maximum atomic E-state index is 13.1. The first kappa shape index (κ1) is 34.5. The van der Waals surface area contributed by atoms with Crippen molar-refractivity contribution in [1.29, 1.82) is 5.26 Å². The Labute approximate surface area is 288 Å². The molecule has 0 radical (unpaired) electrons. The number of aromatic carboxylic acids is 1. The van der Waals surface area contributed by atoms with Gasteiger partial charge in [-0.25, -0.2) is 14.5 Å². The molecule has 0 saturated heterocycles. The quantitative estimate of drug-likeness (QED) is 0.171. The van der Waals surface area contributed by atoms with E-state index in [9.17, 15) is 20.0 Å². The number of benzene rings is 2. The first-order valence-corrected chi connectivity index (χ1v) is 15.6. The molecule has 1 unspecified atom stereocenters. The fourth-order valence-corrected chi connectivity index (χ4v) is 5.68. The van der Waals surface area contributed by atoms with Crippen molar-refractivity contribution in [3.05, 3.63) is 116 Å². The van der Waals surface area contributed by atoms with Gasteiger partial charge in [0.2, 0.25) is 11.8 Å². The molecule has 0 amide bonds. The molecule has 13 nitrogen and oxygen atoms in total. The van der Waals surface area contributed by atoms with Gasteiger partial charge in [0.25, 0.3) is 5.56 Å². The number of hydrogen-bond acceptors (Lipinski definition) is 10. The Balaban J connectivity index is 1.71. The molecule has 0 spiro atoms. The summed E-state index contributed by atoms with van der Waals surface area (Å²) >= 11 is 6.49. The number of hydrogen-bond donors (Lipinski definition) is 2. The van der Waals surface area contributed by atoms with Crippen LogP contribution in [0.1, 0.15) is 64.2 Å². The minimum Gasteiger partial charge on any atom is -0.497 e. The van der Waals surface area contributed by atoms with Crippen molar-refractivity contribution in [2.45, 2.75) is 32.4 Å². The Morgan fingerprint density at radius 2 is 1.80 bits per heavy atom. The molecule has 0 aliphatic rings. The smallest absolute Gasteiger partial charge is 0.356 e. The van der Waals surface area contributed by atoms with E-state index in [-0.39, 0.29) is 29.1 Å². The number of carboxylic acids is 1. The van der Waals surface area contributed by atoms with E-state index in [1.165, 1.54) is 28.6 Å². The first-order valence-electron chi connectivity index (χ1n) is 15.2. The Morgan fingerprint density at radius 3 is 2.37 bits per heavy atom. The number of pyridine rings is 1.